The molecule has 2 bridgehead atoms. The molecule has 0 aromatic heterocycles. The van der Waals surface area contributed by atoms with Crippen LogP contribution in [0.25, 0.3) is 0 Å². The highest BCUT2D eigenvalue weighted by molar-refractivity contribution is 7.93. The molecule has 0 amide bonds. The van der Waals surface area contributed by atoms with Crippen LogP contribution < -0.4 is 0 Å². The Morgan fingerprint density at radius 1 is 0.909 bits per heavy atom. The van der Waals surface area contributed by atoms with Crippen LogP contribution in [0.15, 0.2) is 0 Å². The number of ether oxygens (including phenoxy) is 7. The minimum atomic E-state index is -1.60. The molecule has 12 nitrogen and oxygen atoms in total. The molecule has 324 valence electrons. The zero-order valence-corrected chi connectivity index (χ0v) is 37.8. The van der Waals surface area contributed by atoms with Crippen LogP contribution in [0.5, 0.6) is 0 Å². The first kappa shape index (κ1) is 45.8. The van der Waals surface area contributed by atoms with Gasteiger partial charge in [0, 0.05) is 25.9 Å². The van der Waals surface area contributed by atoms with E-state index in [1.807, 2.05) is 55.4 Å². The molecule has 0 aliphatic carbocycles. The van der Waals surface area contributed by atoms with E-state index in [-0.39, 0.29) is 36.5 Å². The van der Waals surface area contributed by atoms with E-state index in [4.69, 9.17) is 45.3 Å². The van der Waals surface area contributed by atoms with Gasteiger partial charge >= 0.3 is 5.97 Å². The van der Waals surface area contributed by atoms with Crippen LogP contribution in [0.3, 0.4) is 0 Å². The van der Waals surface area contributed by atoms with Gasteiger partial charge in [-0.05, 0) is 103 Å². The number of fused-ring (bicyclic) bond motifs is 2. The molecule has 14 heteroatoms. The maximum Gasteiger partial charge on any atom is 0.311 e. The fraction of sp³-hybridized carbons (Fsp3) is 0.976. The van der Waals surface area contributed by atoms with Gasteiger partial charge in [-0.15, -0.1) is 0 Å². The first-order chi connectivity index (χ1) is 26.4. The summed E-state index contributed by atoms with van der Waals surface area (Å²) >= 11 is 4.54. The zero-order chi connectivity index (χ0) is 43.4. The van der Waals surface area contributed by atoms with E-state index in [1.165, 1.54) is 0 Å². The molecule has 4 fully saturated rings. The first-order valence-electron chi connectivity index (χ1n) is 21.3. The zero-order valence-electron chi connectivity index (χ0n) is 38.1. The van der Waals surface area contributed by atoms with Gasteiger partial charge in [-0.2, -0.15) is 12.6 Å². The van der Waals surface area contributed by atoms with Crippen molar-refractivity contribution in [1.82, 2.24) is 0 Å². The molecule has 4 heterocycles. The molecule has 2 unspecified atom stereocenters. The maximum atomic E-state index is 14.4. The maximum absolute atomic E-state index is 14.4. The summed E-state index contributed by atoms with van der Waals surface area (Å²) in [4.78, 5) is 14.4. The van der Waals surface area contributed by atoms with Crippen LogP contribution in [0.4, 0.5) is 0 Å². The van der Waals surface area contributed by atoms with Gasteiger partial charge < -0.3 is 52.7 Å². The number of carbonyl (C=O) groups excluding carboxylic acids is 1. The van der Waals surface area contributed by atoms with Crippen molar-refractivity contribution in [2.75, 3.05) is 12.5 Å². The molecule has 4 saturated heterocycles. The second kappa shape index (κ2) is 19.4. The monoisotopic (exact) mass is 828 g/mol. The summed E-state index contributed by atoms with van der Waals surface area (Å²) in [7, 11) is 0. The number of rotatable bonds is 8. The number of cyclic esters (lactones) is 1. The highest BCUT2D eigenvalue weighted by Gasteiger charge is 2.56. The molecular weight excluding hydrogens is 749 g/mol. The Hall–Kier alpha value is -0.230. The largest absolute Gasteiger partial charge is 0.459 e. The summed E-state index contributed by atoms with van der Waals surface area (Å²) in [5.74, 6) is -3.90. The highest BCUT2D eigenvalue weighted by Crippen LogP contribution is 2.46. The predicted molar refractivity (Wildman–Crippen MR) is 216 cm³/mol. The number of carbonyl (C=O) groups is 1. The number of esters is 1. The smallest absolute Gasteiger partial charge is 0.311 e. The van der Waals surface area contributed by atoms with Gasteiger partial charge in [0.05, 0.1) is 54.2 Å². The average molecular weight is 829 g/mol. The Balaban J connectivity index is 0.00000428. The van der Waals surface area contributed by atoms with E-state index < -0.39 is 102 Å². The van der Waals surface area contributed by atoms with Gasteiger partial charge in [0.1, 0.15) is 17.8 Å². The second-order valence-corrected chi connectivity index (χ2v) is 18.8. The lowest BCUT2D eigenvalue weighted by Gasteiger charge is -2.53. The Morgan fingerprint density at radius 3 is 2.15 bits per heavy atom. The molecule has 18 atom stereocenters. The van der Waals surface area contributed by atoms with Crippen molar-refractivity contribution in [2.45, 2.75) is 207 Å². The molecule has 0 spiro atoms. The van der Waals surface area contributed by atoms with Crippen molar-refractivity contribution < 1.29 is 58.8 Å². The SMILES string of the molecule is CS.[3H]CSO[C@H]1C(O[C@@H]2[C@@H](C)[C@H](OC3CC(C)(C)[C@@H](O[3H])[C@H](C)O3)[C@@H](C)C(=O)O[C@H](CC)[C@@](C)(O)[C@@H]3OC(C)(C)O[C@H]([C@@H]3C)[C@H](C)C[C@]2(C)O)O[C@H](C)C[C@@H]1C. The molecule has 0 aromatic carbocycles. The summed E-state index contributed by atoms with van der Waals surface area (Å²) in [6.45, 7) is 26.3. The van der Waals surface area contributed by atoms with Gasteiger partial charge in [0.2, 0.25) is 1.43 Å². The van der Waals surface area contributed by atoms with E-state index in [1.54, 1.807) is 40.9 Å². The average Bonchev–Trinajstić information content (AvgIpc) is 3.11. The van der Waals surface area contributed by atoms with E-state index >= 15 is 0 Å². The van der Waals surface area contributed by atoms with E-state index in [2.05, 4.69) is 19.6 Å². The molecule has 0 saturated carbocycles. The topological polar surface area (TPSA) is 152 Å². The number of aliphatic hydroxyl groups is 3. The predicted octanol–water partition coefficient (Wildman–Crippen LogP) is 6.55. The number of thiol groups is 1. The van der Waals surface area contributed by atoms with E-state index in [9.17, 15) is 15.0 Å². The van der Waals surface area contributed by atoms with E-state index in [0.29, 0.717) is 12.8 Å². The standard InChI is InChI=1S/C40H72O12S.CH4S/c1-16-27-40(14,44)34-23(5)29(50-38(11,12)51-34)21(3)18-39(13,43)33(49-36-30(52-53-15)20(2)17-22(4)45-36)24(6)31(25(7)35(42)47-27)48-28-19-37(9,10)32(41)26(8)46-28;1-2/h20-34,36,41,43-44H,16-19H2,1-15H3;2H,1H3/t20-,21+,22+,23-,24-,25+,26-,27+,28?,29-,30+,31-,32-,33+,34+,36?,39-,40+;/m0./s1/i15T,41T;. The normalized spacial score (nSPS) is 48.6. The summed E-state index contributed by atoms with van der Waals surface area (Å²) < 4.78 is 67.4. The summed E-state index contributed by atoms with van der Waals surface area (Å²) in [6, 6.07) is 0. The molecular formula is C41H76O12S2. The summed E-state index contributed by atoms with van der Waals surface area (Å²) in [6.07, 6.45) is -4.21. The minimum Gasteiger partial charge on any atom is -0.459 e. The second-order valence-electron chi connectivity index (χ2n) is 18.4. The van der Waals surface area contributed by atoms with Gasteiger partial charge in [-0.3, -0.25) is 4.79 Å². The van der Waals surface area contributed by atoms with Crippen LogP contribution in [-0.4, -0.2) is 120 Å². The lowest BCUT2D eigenvalue weighted by molar-refractivity contribution is -0.360. The molecule has 3 N–H and O–H groups in total. The third-order valence-corrected chi connectivity index (χ3v) is 12.7. The third kappa shape index (κ3) is 11.3. The molecule has 0 radical (unpaired) electrons. The third-order valence-electron chi connectivity index (χ3n) is 12.4. The number of hydrogen-bond donors (Lipinski definition) is 4. The number of hydrogen-bond acceptors (Lipinski definition) is 14. The Bertz CT molecular complexity index is 1260. The Kier molecular flexibility index (Phi) is 16.2. The van der Waals surface area contributed by atoms with Gasteiger partial charge in [-0.1, -0.05) is 48.5 Å². The minimum absolute atomic E-state index is 0.00929. The van der Waals surface area contributed by atoms with Gasteiger partial charge in [-0.25, -0.2) is 0 Å². The van der Waals surface area contributed by atoms with Crippen LogP contribution in [-0.2, 0) is 42.1 Å². The van der Waals surface area contributed by atoms with Crippen LogP contribution in [0.2, 0.25) is 0 Å². The van der Waals surface area contributed by atoms with Crippen LogP contribution in [0.1, 0.15) is 124 Å². The fourth-order valence-electron chi connectivity index (χ4n) is 9.66. The molecule has 4 aliphatic heterocycles. The lowest BCUT2D eigenvalue weighted by Crippen LogP contribution is -2.64. The number of aliphatic hydroxyl groups excluding tert-OH is 1. The Morgan fingerprint density at radius 2 is 1.56 bits per heavy atom. The Labute approximate surface area is 344 Å². The molecule has 55 heavy (non-hydrogen) atoms. The van der Waals surface area contributed by atoms with E-state index in [0.717, 1.165) is 18.5 Å². The summed E-state index contributed by atoms with van der Waals surface area (Å²) in [5, 5.41) is 30.2. The van der Waals surface area contributed by atoms with Crippen molar-refractivity contribution in [3.8, 4) is 0 Å². The van der Waals surface area contributed by atoms with Crippen LogP contribution in [0, 0.1) is 35.0 Å². The molecule has 4 aliphatic rings. The van der Waals surface area contributed by atoms with Gasteiger partial charge in [0.25, 0.3) is 0 Å². The lowest BCUT2D eigenvalue weighted by atomic mass is 9.72. The van der Waals surface area contributed by atoms with Crippen molar-refractivity contribution in [1.29, 1.82) is 1.43 Å². The van der Waals surface area contributed by atoms with Crippen molar-refractivity contribution in [3.63, 3.8) is 0 Å². The quantitative estimate of drug-likeness (QED) is 0.119. The fourth-order valence-corrected chi connectivity index (χ4v) is 10.1. The first-order valence-corrected chi connectivity index (χ1v) is 22.0. The van der Waals surface area contributed by atoms with Crippen molar-refractivity contribution in [2.24, 2.45) is 35.0 Å². The van der Waals surface area contributed by atoms with Crippen LogP contribution >= 0.6 is 24.7 Å². The molecule has 4 rings (SSSR count). The highest BCUT2D eigenvalue weighted by atomic mass is 32.2. The van der Waals surface area contributed by atoms with Crippen molar-refractivity contribution in [3.05, 3.63) is 0 Å². The van der Waals surface area contributed by atoms with Crippen molar-refractivity contribution >= 4 is 30.6 Å². The van der Waals surface area contributed by atoms with Gasteiger partial charge in [0.15, 0.2) is 18.4 Å². The molecule has 0 aromatic rings. The summed E-state index contributed by atoms with van der Waals surface area (Å²) in [5.41, 5.74) is -3.67.